The van der Waals surface area contributed by atoms with E-state index in [1.807, 2.05) is 0 Å². The molecule has 0 spiro atoms. The van der Waals surface area contributed by atoms with Crippen molar-refractivity contribution in [3.05, 3.63) is 0 Å². The standard InChI is InChI=1S/C12H22O4/c13-12(14)4-2-1-3-7-16-10-11-5-8-15-9-6-11/h11H,1-10H2,(H,13,14). The van der Waals surface area contributed by atoms with Crippen LogP contribution in [0.4, 0.5) is 0 Å². The van der Waals surface area contributed by atoms with E-state index in [4.69, 9.17) is 14.6 Å². The molecule has 1 N–H and O–H groups in total. The molecule has 1 fully saturated rings. The van der Waals surface area contributed by atoms with Gasteiger partial charge in [0.05, 0.1) is 0 Å². The Labute approximate surface area is 96.9 Å². The van der Waals surface area contributed by atoms with Crippen LogP contribution in [-0.4, -0.2) is 37.5 Å². The van der Waals surface area contributed by atoms with Crippen LogP contribution >= 0.6 is 0 Å². The zero-order valence-electron chi connectivity index (χ0n) is 9.82. The van der Waals surface area contributed by atoms with Gasteiger partial charge in [-0.05, 0) is 31.6 Å². The van der Waals surface area contributed by atoms with Crippen molar-refractivity contribution in [2.45, 2.75) is 38.5 Å². The number of carboxylic acids is 1. The Morgan fingerprint density at radius 1 is 1.25 bits per heavy atom. The maximum Gasteiger partial charge on any atom is 0.303 e. The third-order valence-corrected chi connectivity index (χ3v) is 2.87. The summed E-state index contributed by atoms with van der Waals surface area (Å²) in [6, 6.07) is 0. The molecule has 0 radical (unpaired) electrons. The second kappa shape index (κ2) is 8.53. The number of rotatable bonds is 8. The molecule has 1 heterocycles. The van der Waals surface area contributed by atoms with Crippen LogP contribution in [-0.2, 0) is 14.3 Å². The topological polar surface area (TPSA) is 55.8 Å². The summed E-state index contributed by atoms with van der Waals surface area (Å²) in [6.07, 6.45) is 5.17. The van der Waals surface area contributed by atoms with Gasteiger partial charge in [0.25, 0.3) is 0 Å². The van der Waals surface area contributed by atoms with Gasteiger partial charge in [-0.1, -0.05) is 6.42 Å². The first-order valence-electron chi connectivity index (χ1n) is 6.16. The minimum atomic E-state index is -0.705. The van der Waals surface area contributed by atoms with Crippen LogP contribution in [0.2, 0.25) is 0 Å². The molecule has 0 aliphatic carbocycles. The fourth-order valence-corrected chi connectivity index (χ4v) is 1.82. The molecule has 0 aromatic rings. The monoisotopic (exact) mass is 230 g/mol. The zero-order chi connectivity index (χ0) is 11.6. The predicted octanol–water partition coefficient (Wildman–Crippen LogP) is 2.07. The average Bonchev–Trinajstić information content (AvgIpc) is 2.29. The molecule has 4 nitrogen and oxygen atoms in total. The van der Waals surface area contributed by atoms with E-state index in [2.05, 4.69) is 0 Å². The normalized spacial score (nSPS) is 17.5. The quantitative estimate of drug-likeness (QED) is 0.649. The Hall–Kier alpha value is -0.610. The highest BCUT2D eigenvalue weighted by Crippen LogP contribution is 2.14. The maximum absolute atomic E-state index is 10.3. The van der Waals surface area contributed by atoms with E-state index in [0.717, 1.165) is 58.5 Å². The highest BCUT2D eigenvalue weighted by atomic mass is 16.5. The van der Waals surface area contributed by atoms with Crippen molar-refractivity contribution in [2.24, 2.45) is 5.92 Å². The minimum Gasteiger partial charge on any atom is -0.481 e. The first-order valence-corrected chi connectivity index (χ1v) is 6.16. The largest absolute Gasteiger partial charge is 0.481 e. The summed E-state index contributed by atoms with van der Waals surface area (Å²) in [6.45, 7) is 3.33. The fourth-order valence-electron chi connectivity index (χ4n) is 1.82. The Bertz CT molecular complexity index is 187. The molecule has 0 aromatic carbocycles. The summed E-state index contributed by atoms with van der Waals surface area (Å²) in [5.74, 6) is -0.0455. The highest BCUT2D eigenvalue weighted by Gasteiger charge is 2.13. The van der Waals surface area contributed by atoms with Gasteiger partial charge >= 0.3 is 5.97 Å². The molecular weight excluding hydrogens is 208 g/mol. The molecule has 1 rings (SSSR count). The second-order valence-electron chi connectivity index (χ2n) is 4.34. The van der Waals surface area contributed by atoms with Crippen molar-refractivity contribution in [1.29, 1.82) is 0 Å². The summed E-state index contributed by atoms with van der Waals surface area (Å²) in [5, 5.41) is 8.44. The summed E-state index contributed by atoms with van der Waals surface area (Å²) in [7, 11) is 0. The van der Waals surface area contributed by atoms with E-state index >= 15 is 0 Å². The Morgan fingerprint density at radius 3 is 2.69 bits per heavy atom. The third kappa shape index (κ3) is 6.80. The summed E-state index contributed by atoms with van der Waals surface area (Å²) >= 11 is 0. The molecule has 0 amide bonds. The van der Waals surface area contributed by atoms with Gasteiger partial charge in [-0.15, -0.1) is 0 Å². The summed E-state index contributed by atoms with van der Waals surface area (Å²) in [4.78, 5) is 10.3. The number of ether oxygens (including phenoxy) is 2. The smallest absolute Gasteiger partial charge is 0.303 e. The molecule has 94 valence electrons. The van der Waals surface area contributed by atoms with Crippen LogP contribution < -0.4 is 0 Å². The number of aliphatic carboxylic acids is 1. The van der Waals surface area contributed by atoms with Gasteiger partial charge in [0.2, 0.25) is 0 Å². The molecule has 4 heteroatoms. The van der Waals surface area contributed by atoms with Crippen LogP contribution in [0.3, 0.4) is 0 Å². The lowest BCUT2D eigenvalue weighted by molar-refractivity contribution is -0.137. The highest BCUT2D eigenvalue weighted by molar-refractivity contribution is 5.66. The van der Waals surface area contributed by atoms with Crippen molar-refractivity contribution in [1.82, 2.24) is 0 Å². The van der Waals surface area contributed by atoms with Crippen LogP contribution in [0, 0.1) is 5.92 Å². The number of unbranched alkanes of at least 4 members (excludes halogenated alkanes) is 2. The molecule has 0 bridgehead atoms. The summed E-state index contributed by atoms with van der Waals surface area (Å²) in [5.41, 5.74) is 0. The lowest BCUT2D eigenvalue weighted by Crippen LogP contribution is -2.20. The predicted molar refractivity (Wildman–Crippen MR) is 60.5 cm³/mol. The van der Waals surface area contributed by atoms with E-state index in [1.165, 1.54) is 0 Å². The molecule has 1 aliphatic rings. The van der Waals surface area contributed by atoms with E-state index in [1.54, 1.807) is 0 Å². The second-order valence-corrected chi connectivity index (χ2v) is 4.34. The number of hydrogen-bond donors (Lipinski definition) is 1. The van der Waals surface area contributed by atoms with Crippen LogP contribution in [0.15, 0.2) is 0 Å². The molecule has 1 aliphatic heterocycles. The van der Waals surface area contributed by atoms with Gasteiger partial charge in [-0.2, -0.15) is 0 Å². The van der Waals surface area contributed by atoms with Crippen LogP contribution in [0.25, 0.3) is 0 Å². The molecule has 16 heavy (non-hydrogen) atoms. The zero-order valence-corrected chi connectivity index (χ0v) is 9.82. The first kappa shape index (κ1) is 13.5. The summed E-state index contributed by atoms with van der Waals surface area (Å²) < 4.78 is 10.8. The minimum absolute atomic E-state index is 0.278. The fraction of sp³-hybridized carbons (Fsp3) is 0.917. The van der Waals surface area contributed by atoms with E-state index in [-0.39, 0.29) is 6.42 Å². The number of hydrogen-bond acceptors (Lipinski definition) is 3. The molecule has 1 saturated heterocycles. The van der Waals surface area contributed by atoms with Crippen molar-refractivity contribution in [3.63, 3.8) is 0 Å². The van der Waals surface area contributed by atoms with Crippen molar-refractivity contribution in [3.8, 4) is 0 Å². The van der Waals surface area contributed by atoms with E-state index < -0.39 is 5.97 Å². The van der Waals surface area contributed by atoms with Gasteiger partial charge in [0.1, 0.15) is 0 Å². The maximum atomic E-state index is 10.3. The van der Waals surface area contributed by atoms with Gasteiger partial charge in [-0.25, -0.2) is 0 Å². The molecule has 0 aromatic heterocycles. The molecule has 0 saturated carbocycles. The van der Waals surface area contributed by atoms with Gasteiger partial charge in [-0.3, -0.25) is 4.79 Å². The Morgan fingerprint density at radius 2 is 2.00 bits per heavy atom. The van der Waals surface area contributed by atoms with E-state index in [9.17, 15) is 4.79 Å². The average molecular weight is 230 g/mol. The number of carbonyl (C=O) groups is 1. The Balaban J connectivity index is 1.82. The lowest BCUT2D eigenvalue weighted by atomic mass is 10.0. The number of carboxylic acid groups (broad SMARTS) is 1. The molecule has 0 atom stereocenters. The Kier molecular flexibility index (Phi) is 7.17. The van der Waals surface area contributed by atoms with Crippen LogP contribution in [0.5, 0.6) is 0 Å². The molecule has 0 unspecified atom stereocenters. The molecular formula is C12H22O4. The van der Waals surface area contributed by atoms with Crippen molar-refractivity contribution >= 4 is 5.97 Å². The van der Waals surface area contributed by atoms with Crippen molar-refractivity contribution < 1.29 is 19.4 Å². The van der Waals surface area contributed by atoms with E-state index in [0.29, 0.717) is 5.92 Å². The lowest BCUT2D eigenvalue weighted by Gasteiger charge is -2.21. The van der Waals surface area contributed by atoms with Gasteiger partial charge in [0, 0.05) is 32.8 Å². The SMILES string of the molecule is O=C(O)CCCCCOCC1CCOCC1. The van der Waals surface area contributed by atoms with Gasteiger partial charge in [0.15, 0.2) is 0 Å². The van der Waals surface area contributed by atoms with Crippen molar-refractivity contribution in [2.75, 3.05) is 26.4 Å². The van der Waals surface area contributed by atoms with Crippen LogP contribution in [0.1, 0.15) is 38.5 Å². The first-order chi connectivity index (χ1) is 7.79. The third-order valence-electron chi connectivity index (χ3n) is 2.87. The van der Waals surface area contributed by atoms with Gasteiger partial charge < -0.3 is 14.6 Å².